The van der Waals surface area contributed by atoms with Crippen LogP contribution >= 0.6 is 27.3 Å². The summed E-state index contributed by atoms with van der Waals surface area (Å²) in [5.74, 6) is 0.781. The molecule has 0 bridgehead atoms. The van der Waals surface area contributed by atoms with Crippen LogP contribution in [0.5, 0.6) is 5.19 Å². The Morgan fingerprint density at radius 3 is 3.13 bits per heavy atom. The molecule has 3 rings (SSSR count). The number of fused-ring (bicyclic) bond motifs is 1. The molecule has 1 aromatic heterocycles. The summed E-state index contributed by atoms with van der Waals surface area (Å²) in [6.45, 7) is 0.834. The van der Waals surface area contributed by atoms with E-state index in [2.05, 4.69) is 27.0 Å². The van der Waals surface area contributed by atoms with Gasteiger partial charge in [0.1, 0.15) is 0 Å². The number of halogens is 1. The van der Waals surface area contributed by atoms with Crippen LogP contribution in [-0.2, 0) is 0 Å². The van der Waals surface area contributed by atoms with E-state index in [0.717, 1.165) is 27.7 Å². The number of thiazole rings is 1. The van der Waals surface area contributed by atoms with Gasteiger partial charge in [-0.1, -0.05) is 27.3 Å². The van der Waals surface area contributed by atoms with Crippen molar-refractivity contribution in [3.8, 4) is 5.19 Å². The third kappa shape index (κ3) is 2.16. The minimum Gasteiger partial charge on any atom is -0.470 e. The van der Waals surface area contributed by atoms with Gasteiger partial charge in [-0.2, -0.15) is 0 Å². The van der Waals surface area contributed by atoms with Gasteiger partial charge in [-0.3, -0.25) is 0 Å². The number of hydrogen-bond donors (Lipinski definition) is 0. The van der Waals surface area contributed by atoms with Gasteiger partial charge in [-0.05, 0) is 37.0 Å². The van der Waals surface area contributed by atoms with Crippen molar-refractivity contribution in [3.63, 3.8) is 0 Å². The molecule has 0 N–H and O–H groups in total. The molecule has 1 fully saturated rings. The first-order valence-corrected chi connectivity index (χ1v) is 6.61. The molecule has 1 aliphatic carbocycles. The van der Waals surface area contributed by atoms with Crippen LogP contribution in [0.15, 0.2) is 22.7 Å². The predicted molar refractivity (Wildman–Crippen MR) is 65.5 cm³/mol. The van der Waals surface area contributed by atoms with Gasteiger partial charge in [0.2, 0.25) is 0 Å². The first kappa shape index (κ1) is 9.60. The SMILES string of the molecule is Brc1ccc2nc(OCC3CC3)sc2c1. The third-order valence-electron chi connectivity index (χ3n) is 2.47. The average Bonchev–Trinajstić information content (AvgIpc) is 2.95. The fourth-order valence-corrected chi connectivity index (χ4v) is 2.79. The number of ether oxygens (including phenoxy) is 1. The minimum absolute atomic E-state index is 0.781. The van der Waals surface area contributed by atoms with Gasteiger partial charge in [0.25, 0.3) is 5.19 Å². The summed E-state index contributed by atoms with van der Waals surface area (Å²) in [5, 5.41) is 0.801. The lowest BCUT2D eigenvalue weighted by Crippen LogP contribution is -1.97. The summed E-state index contributed by atoms with van der Waals surface area (Å²) in [6.07, 6.45) is 2.63. The lowest BCUT2D eigenvalue weighted by molar-refractivity contribution is 0.299. The van der Waals surface area contributed by atoms with E-state index in [-0.39, 0.29) is 0 Å². The van der Waals surface area contributed by atoms with E-state index in [9.17, 15) is 0 Å². The highest BCUT2D eigenvalue weighted by molar-refractivity contribution is 9.10. The molecule has 0 aliphatic heterocycles. The molecule has 0 amide bonds. The number of benzene rings is 1. The second kappa shape index (κ2) is 3.76. The maximum Gasteiger partial charge on any atom is 0.274 e. The Morgan fingerprint density at radius 2 is 2.33 bits per heavy atom. The van der Waals surface area contributed by atoms with Gasteiger partial charge in [-0.25, -0.2) is 4.98 Å². The Balaban J connectivity index is 1.84. The van der Waals surface area contributed by atoms with Gasteiger partial charge < -0.3 is 4.74 Å². The molecule has 0 radical (unpaired) electrons. The van der Waals surface area contributed by atoms with Crippen LogP contribution in [0.25, 0.3) is 10.2 Å². The number of hydrogen-bond acceptors (Lipinski definition) is 3. The fourth-order valence-electron chi connectivity index (χ4n) is 1.41. The van der Waals surface area contributed by atoms with Crippen molar-refractivity contribution in [2.45, 2.75) is 12.8 Å². The molecular weight excluding hydrogens is 274 g/mol. The summed E-state index contributed by atoms with van der Waals surface area (Å²) in [6, 6.07) is 6.10. The van der Waals surface area contributed by atoms with Crippen molar-refractivity contribution in [2.24, 2.45) is 5.92 Å². The van der Waals surface area contributed by atoms with Gasteiger partial charge in [0.15, 0.2) is 0 Å². The summed E-state index contributed by atoms with van der Waals surface area (Å²) < 4.78 is 7.91. The number of aromatic nitrogens is 1. The molecule has 0 saturated heterocycles. The Hall–Kier alpha value is -0.610. The molecule has 15 heavy (non-hydrogen) atoms. The van der Waals surface area contributed by atoms with E-state index in [1.165, 1.54) is 17.5 Å². The van der Waals surface area contributed by atoms with Crippen LogP contribution in [-0.4, -0.2) is 11.6 Å². The van der Waals surface area contributed by atoms with E-state index < -0.39 is 0 Å². The normalized spacial score (nSPS) is 15.8. The van der Waals surface area contributed by atoms with Crippen LogP contribution in [0.2, 0.25) is 0 Å². The van der Waals surface area contributed by atoms with Gasteiger partial charge in [0, 0.05) is 4.47 Å². The summed E-state index contributed by atoms with van der Waals surface area (Å²) >= 11 is 5.07. The highest BCUT2D eigenvalue weighted by Crippen LogP contribution is 2.33. The fraction of sp³-hybridized carbons (Fsp3) is 0.364. The highest BCUT2D eigenvalue weighted by atomic mass is 79.9. The maximum atomic E-state index is 5.65. The predicted octanol–water partition coefficient (Wildman–Crippen LogP) is 3.85. The Morgan fingerprint density at radius 1 is 1.47 bits per heavy atom. The highest BCUT2D eigenvalue weighted by Gasteiger charge is 2.22. The van der Waals surface area contributed by atoms with Gasteiger partial charge in [0.05, 0.1) is 16.8 Å². The maximum absolute atomic E-state index is 5.65. The zero-order valence-corrected chi connectivity index (χ0v) is 10.5. The molecule has 0 unspecified atom stereocenters. The standard InChI is InChI=1S/C11H10BrNOS/c12-8-3-4-9-10(5-8)15-11(13-9)14-6-7-1-2-7/h3-5,7H,1-2,6H2. The van der Waals surface area contributed by atoms with Crippen molar-refractivity contribution in [1.29, 1.82) is 0 Å². The molecule has 2 nitrogen and oxygen atoms in total. The van der Waals surface area contributed by atoms with E-state index in [1.807, 2.05) is 12.1 Å². The molecule has 78 valence electrons. The summed E-state index contributed by atoms with van der Waals surface area (Å²) in [5.41, 5.74) is 1.02. The second-order valence-electron chi connectivity index (χ2n) is 3.85. The monoisotopic (exact) mass is 283 g/mol. The number of rotatable bonds is 3. The molecule has 1 saturated carbocycles. The first-order valence-electron chi connectivity index (χ1n) is 5.00. The third-order valence-corrected chi connectivity index (χ3v) is 3.89. The molecule has 4 heteroatoms. The second-order valence-corrected chi connectivity index (χ2v) is 5.76. The molecular formula is C11H10BrNOS. The van der Waals surface area contributed by atoms with E-state index in [0.29, 0.717) is 0 Å². The van der Waals surface area contributed by atoms with Crippen LogP contribution in [0, 0.1) is 5.92 Å². The van der Waals surface area contributed by atoms with Crippen molar-refractivity contribution >= 4 is 37.5 Å². The van der Waals surface area contributed by atoms with Crippen molar-refractivity contribution in [1.82, 2.24) is 4.98 Å². The molecule has 1 aromatic carbocycles. The van der Waals surface area contributed by atoms with E-state index in [1.54, 1.807) is 11.3 Å². The lowest BCUT2D eigenvalue weighted by atomic mass is 10.3. The van der Waals surface area contributed by atoms with E-state index >= 15 is 0 Å². The van der Waals surface area contributed by atoms with Crippen LogP contribution in [0.3, 0.4) is 0 Å². The summed E-state index contributed by atoms with van der Waals surface area (Å²) in [7, 11) is 0. The van der Waals surface area contributed by atoms with Crippen LogP contribution in [0.4, 0.5) is 0 Å². The Labute approximate surface area is 100 Å². The molecule has 2 aromatic rings. The number of nitrogens with zero attached hydrogens (tertiary/aromatic N) is 1. The van der Waals surface area contributed by atoms with E-state index in [4.69, 9.17) is 4.74 Å². The van der Waals surface area contributed by atoms with Crippen molar-refractivity contribution in [2.75, 3.05) is 6.61 Å². The summed E-state index contributed by atoms with van der Waals surface area (Å²) in [4.78, 5) is 4.43. The van der Waals surface area contributed by atoms with Crippen LogP contribution in [0.1, 0.15) is 12.8 Å². The average molecular weight is 284 g/mol. The van der Waals surface area contributed by atoms with Gasteiger partial charge in [-0.15, -0.1) is 0 Å². The molecule has 1 aliphatic rings. The molecule has 0 spiro atoms. The van der Waals surface area contributed by atoms with Crippen LogP contribution < -0.4 is 4.74 Å². The van der Waals surface area contributed by atoms with Crippen molar-refractivity contribution < 1.29 is 4.74 Å². The first-order chi connectivity index (χ1) is 7.31. The molecule has 0 atom stereocenters. The minimum atomic E-state index is 0.781. The largest absolute Gasteiger partial charge is 0.470 e. The van der Waals surface area contributed by atoms with Crippen molar-refractivity contribution in [3.05, 3.63) is 22.7 Å². The van der Waals surface area contributed by atoms with Gasteiger partial charge >= 0.3 is 0 Å². The topological polar surface area (TPSA) is 22.1 Å². The zero-order valence-electron chi connectivity index (χ0n) is 8.07. The Bertz CT molecular complexity index is 492. The lowest BCUT2D eigenvalue weighted by Gasteiger charge is -1.97. The quantitative estimate of drug-likeness (QED) is 0.854. The molecule has 1 heterocycles. The smallest absolute Gasteiger partial charge is 0.274 e. The zero-order chi connectivity index (χ0) is 10.3. The Kier molecular flexibility index (Phi) is 2.41.